The topological polar surface area (TPSA) is 127 Å². The van der Waals surface area contributed by atoms with Crippen molar-refractivity contribution < 1.29 is 27.2 Å². The summed E-state index contributed by atoms with van der Waals surface area (Å²) in [6.07, 6.45) is 1.58. The Kier molecular flexibility index (Phi) is 8.26. The van der Waals surface area contributed by atoms with Gasteiger partial charge in [-0.2, -0.15) is 9.29 Å². The van der Waals surface area contributed by atoms with Crippen LogP contribution < -0.4 is 10.1 Å². The average Bonchev–Trinajstić information content (AvgIpc) is 3.42. The minimum Gasteiger partial charge on any atom is -0.495 e. The van der Waals surface area contributed by atoms with E-state index in [4.69, 9.17) is 14.0 Å². The summed E-state index contributed by atoms with van der Waals surface area (Å²) in [5.41, 5.74) is 2.40. The number of piperidine rings is 1. The van der Waals surface area contributed by atoms with Crippen LogP contribution in [0.4, 0.5) is 5.69 Å². The molecule has 0 bridgehead atoms. The third kappa shape index (κ3) is 6.14. The Morgan fingerprint density at radius 3 is 2.72 bits per heavy atom. The van der Waals surface area contributed by atoms with Crippen LogP contribution in [0.15, 0.2) is 51.9 Å². The van der Waals surface area contributed by atoms with Crippen molar-refractivity contribution in [1.82, 2.24) is 19.3 Å². The normalized spacial score (nSPS) is 19.1. The van der Waals surface area contributed by atoms with Crippen molar-refractivity contribution in [3.8, 4) is 17.1 Å². The number of nitrogens with one attached hydrogen (secondary N) is 1. The molecular formula is C27H33N5O6S. The number of amides is 1. The Balaban J connectivity index is 1.24. The summed E-state index contributed by atoms with van der Waals surface area (Å²) in [6, 6.07) is 12.6. The van der Waals surface area contributed by atoms with E-state index in [9.17, 15) is 13.2 Å². The maximum Gasteiger partial charge on any atom is 0.246 e. The van der Waals surface area contributed by atoms with Gasteiger partial charge in [-0.1, -0.05) is 29.4 Å². The van der Waals surface area contributed by atoms with Crippen LogP contribution in [0.5, 0.6) is 5.75 Å². The molecule has 2 aromatic carbocycles. The highest BCUT2D eigenvalue weighted by atomic mass is 32.2. The molecule has 0 radical (unpaired) electrons. The van der Waals surface area contributed by atoms with E-state index in [1.165, 1.54) is 17.5 Å². The highest BCUT2D eigenvalue weighted by molar-refractivity contribution is 7.89. The zero-order valence-electron chi connectivity index (χ0n) is 22.1. The number of carbonyl (C=O) groups is 1. The molecule has 0 aliphatic carbocycles. The van der Waals surface area contributed by atoms with Gasteiger partial charge < -0.3 is 19.3 Å². The lowest BCUT2D eigenvalue weighted by molar-refractivity contribution is -0.121. The number of benzene rings is 2. The van der Waals surface area contributed by atoms with Gasteiger partial charge >= 0.3 is 0 Å². The van der Waals surface area contributed by atoms with Crippen molar-refractivity contribution in [2.75, 3.05) is 51.8 Å². The van der Waals surface area contributed by atoms with E-state index >= 15 is 0 Å². The molecule has 39 heavy (non-hydrogen) atoms. The number of hydrogen-bond acceptors (Lipinski definition) is 9. The van der Waals surface area contributed by atoms with E-state index in [1.807, 2.05) is 31.2 Å². The Labute approximate surface area is 228 Å². The van der Waals surface area contributed by atoms with Crippen LogP contribution in [0.3, 0.4) is 0 Å². The van der Waals surface area contributed by atoms with Crippen LogP contribution in [-0.4, -0.2) is 80.2 Å². The maximum atomic E-state index is 13.3. The van der Waals surface area contributed by atoms with E-state index in [0.29, 0.717) is 43.7 Å². The quantitative estimate of drug-likeness (QED) is 0.446. The van der Waals surface area contributed by atoms with Crippen molar-refractivity contribution in [2.24, 2.45) is 5.92 Å². The highest BCUT2D eigenvalue weighted by Gasteiger charge is 2.31. The largest absolute Gasteiger partial charge is 0.495 e. The Morgan fingerprint density at radius 2 is 1.95 bits per heavy atom. The molecular weight excluding hydrogens is 522 g/mol. The van der Waals surface area contributed by atoms with Crippen LogP contribution >= 0.6 is 0 Å². The molecule has 11 nitrogen and oxygen atoms in total. The zero-order chi connectivity index (χ0) is 27.4. The number of morpholine rings is 1. The van der Waals surface area contributed by atoms with Crippen molar-refractivity contribution in [2.45, 2.75) is 31.2 Å². The predicted molar refractivity (Wildman–Crippen MR) is 144 cm³/mol. The van der Waals surface area contributed by atoms with Gasteiger partial charge in [0, 0.05) is 30.9 Å². The summed E-state index contributed by atoms with van der Waals surface area (Å²) < 4.78 is 44.1. The SMILES string of the molecule is COc1ccc(NC(=O)C2CCCN(Cc3nc(-c4ccccc4C)no3)C2)cc1S(=O)(=O)N1CCOCC1. The molecule has 1 atom stereocenters. The Morgan fingerprint density at radius 1 is 1.15 bits per heavy atom. The predicted octanol–water partition coefficient (Wildman–Crippen LogP) is 2.93. The lowest BCUT2D eigenvalue weighted by Gasteiger charge is -2.31. The summed E-state index contributed by atoms with van der Waals surface area (Å²) >= 11 is 0. The van der Waals surface area contributed by atoms with Gasteiger partial charge in [0.1, 0.15) is 10.6 Å². The molecule has 3 aromatic rings. The van der Waals surface area contributed by atoms with Gasteiger partial charge in [-0.3, -0.25) is 9.69 Å². The van der Waals surface area contributed by atoms with E-state index in [0.717, 1.165) is 30.5 Å². The summed E-state index contributed by atoms with van der Waals surface area (Å²) in [4.78, 5) is 19.9. The highest BCUT2D eigenvalue weighted by Crippen LogP contribution is 2.31. The van der Waals surface area contributed by atoms with Gasteiger partial charge in [0.15, 0.2) is 0 Å². The molecule has 1 amide bonds. The van der Waals surface area contributed by atoms with Crippen molar-refractivity contribution >= 4 is 21.6 Å². The molecule has 5 rings (SSSR count). The van der Waals surface area contributed by atoms with Crippen molar-refractivity contribution in [3.05, 3.63) is 53.9 Å². The number of rotatable bonds is 8. The van der Waals surface area contributed by atoms with Gasteiger partial charge in [0.05, 0.1) is 32.8 Å². The molecule has 2 aliphatic rings. The molecule has 1 N–H and O–H groups in total. The third-order valence-corrected chi connectivity index (χ3v) is 9.03. The van der Waals surface area contributed by atoms with Crippen LogP contribution in [-0.2, 0) is 26.1 Å². The average molecular weight is 556 g/mol. The minimum atomic E-state index is -3.81. The molecule has 208 valence electrons. The standard InChI is InChI=1S/C27H33N5O6S/c1-19-6-3-4-8-22(19)26-29-25(38-30-26)18-31-11-5-7-20(17-31)27(33)28-21-9-10-23(36-2)24(16-21)39(34,35)32-12-14-37-15-13-32/h3-4,6,8-10,16,20H,5,7,11-15,17-18H2,1-2H3,(H,28,33). The number of likely N-dealkylation sites (tertiary alicyclic amines) is 1. The molecule has 0 saturated carbocycles. The lowest BCUT2D eigenvalue weighted by atomic mass is 9.97. The monoisotopic (exact) mass is 555 g/mol. The fraction of sp³-hybridized carbons (Fsp3) is 0.444. The van der Waals surface area contributed by atoms with E-state index < -0.39 is 10.0 Å². The van der Waals surface area contributed by atoms with Gasteiger partial charge in [0.25, 0.3) is 0 Å². The maximum absolute atomic E-state index is 13.3. The second-order valence-corrected chi connectivity index (χ2v) is 11.7. The number of anilines is 1. The fourth-order valence-electron chi connectivity index (χ4n) is 4.98. The van der Waals surface area contributed by atoms with E-state index in [-0.39, 0.29) is 35.6 Å². The Hall–Kier alpha value is -3.32. The molecule has 2 saturated heterocycles. The minimum absolute atomic E-state index is 0.0239. The Bertz CT molecular complexity index is 1420. The van der Waals surface area contributed by atoms with Gasteiger partial charge in [0.2, 0.25) is 27.6 Å². The number of ether oxygens (including phenoxy) is 2. The molecule has 3 heterocycles. The molecule has 0 spiro atoms. The third-order valence-electron chi connectivity index (χ3n) is 7.11. The first-order chi connectivity index (χ1) is 18.8. The van der Waals surface area contributed by atoms with Crippen LogP contribution in [0, 0.1) is 12.8 Å². The number of nitrogens with zero attached hydrogens (tertiary/aromatic N) is 4. The van der Waals surface area contributed by atoms with Crippen molar-refractivity contribution in [3.63, 3.8) is 0 Å². The number of aromatic nitrogens is 2. The number of methoxy groups -OCH3 is 1. The van der Waals surface area contributed by atoms with Gasteiger partial charge in [-0.15, -0.1) is 0 Å². The molecule has 1 aromatic heterocycles. The number of aryl methyl sites for hydroxylation is 1. The summed E-state index contributed by atoms with van der Waals surface area (Å²) in [7, 11) is -2.38. The number of hydrogen-bond donors (Lipinski definition) is 1. The summed E-state index contributed by atoms with van der Waals surface area (Å²) in [5.74, 6) is 0.858. The molecule has 12 heteroatoms. The first-order valence-corrected chi connectivity index (χ1v) is 14.5. The molecule has 2 aliphatic heterocycles. The van der Waals surface area contributed by atoms with Crippen molar-refractivity contribution in [1.29, 1.82) is 0 Å². The lowest BCUT2D eigenvalue weighted by Crippen LogP contribution is -2.41. The smallest absolute Gasteiger partial charge is 0.246 e. The fourth-order valence-corrected chi connectivity index (χ4v) is 6.57. The second-order valence-electron chi connectivity index (χ2n) is 9.77. The van der Waals surface area contributed by atoms with Crippen LogP contribution in [0.25, 0.3) is 11.4 Å². The second kappa shape index (κ2) is 11.8. The van der Waals surface area contributed by atoms with E-state index in [1.54, 1.807) is 12.1 Å². The number of sulfonamides is 1. The van der Waals surface area contributed by atoms with Gasteiger partial charge in [-0.25, -0.2) is 8.42 Å². The van der Waals surface area contributed by atoms with Crippen LogP contribution in [0.2, 0.25) is 0 Å². The first-order valence-electron chi connectivity index (χ1n) is 13.0. The van der Waals surface area contributed by atoms with E-state index in [2.05, 4.69) is 20.4 Å². The van der Waals surface area contributed by atoms with Crippen LogP contribution in [0.1, 0.15) is 24.3 Å². The summed E-state index contributed by atoms with van der Waals surface area (Å²) in [5, 5.41) is 7.05. The molecule has 2 fully saturated rings. The zero-order valence-corrected chi connectivity index (χ0v) is 22.9. The number of carbonyl (C=O) groups excluding carboxylic acids is 1. The summed E-state index contributed by atoms with van der Waals surface area (Å²) in [6.45, 7) is 5.02. The first kappa shape index (κ1) is 27.3. The molecule has 1 unspecified atom stereocenters. The van der Waals surface area contributed by atoms with Gasteiger partial charge in [-0.05, 0) is 50.1 Å².